The van der Waals surface area contributed by atoms with Crippen LogP contribution in [0, 0.1) is 5.95 Å². The molecule has 1 aliphatic carbocycles. The number of benzene rings is 1. The van der Waals surface area contributed by atoms with Gasteiger partial charge in [-0.15, -0.1) is 15.3 Å². The highest BCUT2D eigenvalue weighted by atomic mass is 19.1. The van der Waals surface area contributed by atoms with E-state index in [0.717, 1.165) is 12.8 Å². The summed E-state index contributed by atoms with van der Waals surface area (Å²) in [5, 5.41) is 25.5. The second kappa shape index (κ2) is 8.97. The lowest BCUT2D eigenvalue weighted by Gasteiger charge is -2.22. The Morgan fingerprint density at radius 1 is 1.16 bits per heavy atom. The summed E-state index contributed by atoms with van der Waals surface area (Å²) in [6.45, 7) is 0. The third-order valence-corrected chi connectivity index (χ3v) is 5.64. The molecule has 3 atom stereocenters. The summed E-state index contributed by atoms with van der Waals surface area (Å²) >= 11 is 0. The topological polar surface area (TPSA) is 85.1 Å². The van der Waals surface area contributed by atoms with E-state index in [4.69, 9.17) is 4.74 Å². The lowest BCUT2D eigenvalue weighted by Crippen LogP contribution is -2.35. The van der Waals surface area contributed by atoms with E-state index in [-0.39, 0.29) is 17.7 Å². The van der Waals surface area contributed by atoms with E-state index in [1.165, 1.54) is 10.7 Å². The molecule has 0 radical (unpaired) electrons. The fraction of sp³-hybridized carbons (Fsp3) is 0.409. The third kappa shape index (κ3) is 4.66. The predicted molar refractivity (Wildman–Crippen MR) is 112 cm³/mol. The summed E-state index contributed by atoms with van der Waals surface area (Å²) in [5.41, 5.74) is 1.67. The zero-order valence-electron chi connectivity index (χ0n) is 17.4. The minimum absolute atomic E-state index is 0.0619. The monoisotopic (exact) mass is 429 g/mol. The molecule has 31 heavy (non-hydrogen) atoms. The Morgan fingerprint density at radius 2 is 2.00 bits per heavy atom. The molecule has 0 aliphatic heterocycles. The van der Waals surface area contributed by atoms with E-state index < -0.39 is 18.2 Å². The van der Waals surface area contributed by atoms with E-state index in [1.807, 2.05) is 7.05 Å². The second-order valence-corrected chi connectivity index (χ2v) is 7.82. The predicted octanol–water partition coefficient (Wildman–Crippen LogP) is 3.64. The Hall–Kier alpha value is -3.07. The van der Waals surface area contributed by atoms with Gasteiger partial charge in [0.2, 0.25) is 11.8 Å². The highest BCUT2D eigenvalue weighted by Gasteiger charge is 2.29. The lowest BCUT2D eigenvalue weighted by molar-refractivity contribution is 0.0837. The number of hydrogen-bond donors (Lipinski definition) is 2. The molecule has 3 aromatic rings. The summed E-state index contributed by atoms with van der Waals surface area (Å²) in [5.74, 6) is -0.434. The van der Waals surface area contributed by atoms with Crippen LogP contribution in [0.15, 0.2) is 36.5 Å². The summed E-state index contributed by atoms with van der Waals surface area (Å²) in [6.07, 6.45) is 2.67. The van der Waals surface area contributed by atoms with Gasteiger partial charge in [-0.25, -0.2) is 4.39 Å². The first kappa shape index (κ1) is 21.2. The smallest absolute Gasteiger partial charge is 0.240 e. The average molecular weight is 429 g/mol. The zero-order chi connectivity index (χ0) is 22.0. The van der Waals surface area contributed by atoms with E-state index >= 15 is 0 Å². The van der Waals surface area contributed by atoms with Gasteiger partial charge in [0.05, 0.1) is 11.3 Å². The molecule has 164 valence electrons. The van der Waals surface area contributed by atoms with Crippen LogP contribution in [0.3, 0.4) is 0 Å². The Bertz CT molecular complexity index is 1040. The van der Waals surface area contributed by atoms with Crippen molar-refractivity contribution < 1.29 is 18.6 Å². The van der Waals surface area contributed by atoms with Crippen LogP contribution in [-0.4, -0.2) is 50.4 Å². The number of nitrogens with zero attached hydrogens (tertiary/aromatic N) is 4. The Kier molecular flexibility index (Phi) is 6.13. The molecular weight excluding hydrogens is 404 g/mol. The molecule has 2 unspecified atom stereocenters. The number of alkyl halides is 1. The van der Waals surface area contributed by atoms with Gasteiger partial charge in [0.25, 0.3) is 0 Å². The number of aryl methyl sites for hydroxylation is 1. The molecular formula is C22H25F2N5O2. The maximum Gasteiger partial charge on any atom is 0.240 e. The van der Waals surface area contributed by atoms with Gasteiger partial charge in [0, 0.05) is 37.3 Å². The largest absolute Gasteiger partial charge is 0.507 e. The summed E-state index contributed by atoms with van der Waals surface area (Å²) in [4.78, 5) is 0. The molecule has 0 saturated heterocycles. The first-order chi connectivity index (χ1) is 14.9. The van der Waals surface area contributed by atoms with Crippen molar-refractivity contribution in [3.05, 3.63) is 42.5 Å². The van der Waals surface area contributed by atoms with Gasteiger partial charge in [-0.2, -0.15) is 4.39 Å². The Morgan fingerprint density at radius 3 is 2.65 bits per heavy atom. The average Bonchev–Trinajstić information content (AvgIpc) is 2.99. The molecule has 1 fully saturated rings. The van der Waals surface area contributed by atoms with Gasteiger partial charge in [-0.3, -0.25) is 4.68 Å². The van der Waals surface area contributed by atoms with Crippen LogP contribution in [0.4, 0.5) is 8.78 Å². The van der Waals surface area contributed by atoms with E-state index in [1.54, 1.807) is 37.5 Å². The van der Waals surface area contributed by atoms with Gasteiger partial charge >= 0.3 is 0 Å². The molecule has 9 heteroatoms. The fourth-order valence-electron chi connectivity index (χ4n) is 3.93. The molecule has 0 bridgehead atoms. The van der Waals surface area contributed by atoms with Gasteiger partial charge in [-0.05, 0) is 50.1 Å². The number of ether oxygens (including phenoxy) is 1. The number of aromatic nitrogens is 4. The van der Waals surface area contributed by atoms with E-state index in [9.17, 15) is 13.9 Å². The maximum absolute atomic E-state index is 14.4. The standard InChI is InChI=1S/C22H25F2N5O2/c1-25-14-4-3-5-17(23)20(11-14)31-21-9-8-18(26-27-21)15-7-6-13(10-19(15)30)16-12-29(2)28-22(16)24/h6-10,12,14,17,20,25,30H,3-5,11H2,1-2H3/t14?,17?,20-/m0/s1. The van der Waals surface area contributed by atoms with Crippen LogP contribution in [0.25, 0.3) is 22.4 Å². The molecule has 2 heterocycles. The highest BCUT2D eigenvalue weighted by molar-refractivity contribution is 5.73. The zero-order valence-corrected chi connectivity index (χ0v) is 17.4. The number of hydrogen-bond acceptors (Lipinski definition) is 6. The van der Waals surface area contributed by atoms with Crippen molar-refractivity contribution in [1.82, 2.24) is 25.3 Å². The number of aromatic hydroxyl groups is 1. The van der Waals surface area contributed by atoms with Crippen molar-refractivity contribution in [3.8, 4) is 34.0 Å². The molecule has 2 N–H and O–H groups in total. The molecule has 4 rings (SSSR count). The van der Waals surface area contributed by atoms with Crippen molar-refractivity contribution in [3.63, 3.8) is 0 Å². The number of rotatable bonds is 5. The van der Waals surface area contributed by atoms with Crippen molar-refractivity contribution in [2.75, 3.05) is 7.05 Å². The SMILES string of the molecule is CNC1CCCC(F)[C@@H](Oc2ccc(-c3ccc(-c4cn(C)nc4F)cc3O)nn2)C1. The normalized spacial score (nSPS) is 21.6. The Balaban J connectivity index is 1.51. The summed E-state index contributed by atoms with van der Waals surface area (Å²) < 4.78 is 35.5. The lowest BCUT2D eigenvalue weighted by atomic mass is 10.0. The van der Waals surface area contributed by atoms with Crippen LogP contribution in [-0.2, 0) is 7.05 Å². The number of phenolic OH excluding ortho intramolecular Hbond substituents is 1. The summed E-state index contributed by atoms with van der Waals surface area (Å²) in [6, 6.07) is 8.25. The molecule has 1 aliphatic rings. The maximum atomic E-state index is 14.4. The van der Waals surface area contributed by atoms with Crippen molar-refractivity contribution in [2.45, 2.75) is 44.0 Å². The van der Waals surface area contributed by atoms with Crippen LogP contribution < -0.4 is 10.1 Å². The van der Waals surface area contributed by atoms with Crippen LogP contribution in [0.5, 0.6) is 11.6 Å². The first-order valence-corrected chi connectivity index (χ1v) is 10.3. The summed E-state index contributed by atoms with van der Waals surface area (Å²) in [7, 11) is 3.49. The quantitative estimate of drug-likeness (QED) is 0.603. The minimum Gasteiger partial charge on any atom is -0.507 e. The highest BCUT2D eigenvalue weighted by Crippen LogP contribution is 2.33. The number of nitrogens with one attached hydrogen (secondary N) is 1. The molecule has 0 spiro atoms. The van der Waals surface area contributed by atoms with Crippen LogP contribution in [0.1, 0.15) is 25.7 Å². The van der Waals surface area contributed by atoms with Crippen molar-refractivity contribution in [1.29, 1.82) is 0 Å². The molecule has 1 aromatic carbocycles. The Labute approximate surface area is 179 Å². The van der Waals surface area contributed by atoms with Crippen LogP contribution in [0.2, 0.25) is 0 Å². The first-order valence-electron chi connectivity index (χ1n) is 10.3. The van der Waals surface area contributed by atoms with Gasteiger partial charge in [0.15, 0.2) is 0 Å². The molecule has 0 amide bonds. The number of phenols is 1. The third-order valence-electron chi connectivity index (χ3n) is 5.64. The van der Waals surface area contributed by atoms with Gasteiger partial charge in [0.1, 0.15) is 18.0 Å². The molecule has 2 aromatic heterocycles. The van der Waals surface area contributed by atoms with E-state index in [0.29, 0.717) is 35.2 Å². The van der Waals surface area contributed by atoms with E-state index in [2.05, 4.69) is 20.6 Å². The van der Waals surface area contributed by atoms with Crippen molar-refractivity contribution >= 4 is 0 Å². The van der Waals surface area contributed by atoms with Crippen LogP contribution >= 0.6 is 0 Å². The van der Waals surface area contributed by atoms with Crippen molar-refractivity contribution in [2.24, 2.45) is 7.05 Å². The fourth-order valence-corrected chi connectivity index (χ4v) is 3.93. The number of halogens is 2. The molecule has 7 nitrogen and oxygen atoms in total. The van der Waals surface area contributed by atoms with Gasteiger partial charge < -0.3 is 15.2 Å². The minimum atomic E-state index is -1.05. The van der Waals surface area contributed by atoms with Gasteiger partial charge in [-0.1, -0.05) is 6.07 Å². The molecule has 1 saturated carbocycles. The second-order valence-electron chi connectivity index (χ2n) is 7.82.